The highest BCUT2D eigenvalue weighted by atomic mass is 19.3. The fourth-order valence-electron chi connectivity index (χ4n) is 1.82. The van der Waals surface area contributed by atoms with E-state index in [9.17, 15) is 13.6 Å². The Morgan fingerprint density at radius 2 is 2.06 bits per heavy atom. The van der Waals surface area contributed by atoms with Gasteiger partial charge in [0.2, 0.25) is 5.91 Å². The van der Waals surface area contributed by atoms with E-state index in [2.05, 4.69) is 15.5 Å². The maximum absolute atomic E-state index is 13.0. The first kappa shape index (κ1) is 11.0. The van der Waals surface area contributed by atoms with Gasteiger partial charge in [-0.25, -0.2) is 8.78 Å². The molecular formula is C10H13F2N3O. The molecule has 2 N–H and O–H groups in total. The molecule has 0 saturated heterocycles. The number of nitrogens with zero attached hydrogens (tertiary/aromatic N) is 1. The third-order valence-corrected chi connectivity index (χ3v) is 3.07. The molecule has 0 unspecified atom stereocenters. The van der Waals surface area contributed by atoms with Crippen LogP contribution in [0.1, 0.15) is 18.3 Å². The normalized spacial score (nSPS) is 26.6. The molecule has 6 heteroatoms. The number of carbonyl (C=O) groups is 1. The summed E-state index contributed by atoms with van der Waals surface area (Å²) in [6, 6.07) is 0. The smallest absolute Gasteiger partial charge is 0.263 e. The molecule has 1 aromatic heterocycles. The summed E-state index contributed by atoms with van der Waals surface area (Å²) in [5.74, 6) is -5.58. The minimum atomic E-state index is -2.87. The number of H-pyrrole nitrogens is 1. The van der Waals surface area contributed by atoms with Gasteiger partial charge in [-0.2, -0.15) is 5.10 Å². The lowest BCUT2D eigenvalue weighted by Crippen LogP contribution is -2.18. The molecule has 0 radical (unpaired) electrons. The molecule has 16 heavy (non-hydrogen) atoms. The van der Waals surface area contributed by atoms with Crippen molar-refractivity contribution >= 4 is 11.6 Å². The second kappa shape index (κ2) is 3.26. The van der Waals surface area contributed by atoms with Crippen LogP contribution in [-0.2, 0) is 4.79 Å². The van der Waals surface area contributed by atoms with E-state index in [-0.39, 0.29) is 0 Å². The standard InChI is InChI=1S/C10H13F2N3O/c1-4-7(10(4,11)12)9(16)13-8-5(2)14-15-6(8)3/h4,7H,1-3H3,(H,13,16)(H,14,15)/t4-,7+/m1/s1. The van der Waals surface area contributed by atoms with Gasteiger partial charge in [-0.1, -0.05) is 6.92 Å². The molecule has 2 rings (SSSR count). The van der Waals surface area contributed by atoms with Gasteiger partial charge >= 0.3 is 0 Å². The number of alkyl halides is 2. The van der Waals surface area contributed by atoms with Crippen molar-refractivity contribution in [3.05, 3.63) is 11.4 Å². The number of anilines is 1. The molecule has 1 heterocycles. The predicted octanol–water partition coefficient (Wildman–Crippen LogP) is 1.87. The summed E-state index contributed by atoms with van der Waals surface area (Å²) in [7, 11) is 0. The van der Waals surface area contributed by atoms with Crippen molar-refractivity contribution in [1.82, 2.24) is 10.2 Å². The van der Waals surface area contributed by atoms with Crippen LogP contribution in [-0.4, -0.2) is 22.0 Å². The summed E-state index contributed by atoms with van der Waals surface area (Å²) in [5.41, 5.74) is 1.77. The van der Waals surface area contributed by atoms with Crippen LogP contribution in [0.4, 0.5) is 14.5 Å². The Labute approximate surface area is 91.4 Å². The maximum atomic E-state index is 13.0. The van der Waals surface area contributed by atoms with Crippen LogP contribution in [0, 0.1) is 25.7 Å². The number of halogens is 2. The zero-order chi connectivity index (χ0) is 12.1. The molecule has 1 aliphatic carbocycles. The monoisotopic (exact) mass is 229 g/mol. The lowest BCUT2D eigenvalue weighted by Gasteiger charge is -2.03. The highest BCUT2D eigenvalue weighted by molar-refractivity contribution is 5.96. The van der Waals surface area contributed by atoms with Gasteiger partial charge in [-0.15, -0.1) is 0 Å². The topological polar surface area (TPSA) is 57.8 Å². The zero-order valence-electron chi connectivity index (χ0n) is 9.27. The van der Waals surface area contributed by atoms with Crippen LogP contribution in [0.2, 0.25) is 0 Å². The molecule has 1 aliphatic rings. The van der Waals surface area contributed by atoms with Crippen LogP contribution in [0.3, 0.4) is 0 Å². The summed E-state index contributed by atoms with van der Waals surface area (Å²) >= 11 is 0. The lowest BCUT2D eigenvalue weighted by atomic mass is 10.2. The number of amides is 1. The van der Waals surface area contributed by atoms with Crippen molar-refractivity contribution in [3.63, 3.8) is 0 Å². The minimum absolute atomic E-state index is 0.500. The second-order valence-electron chi connectivity index (χ2n) is 4.24. The van der Waals surface area contributed by atoms with Crippen molar-refractivity contribution in [2.24, 2.45) is 11.8 Å². The quantitative estimate of drug-likeness (QED) is 0.813. The Kier molecular flexibility index (Phi) is 2.25. The Morgan fingerprint density at radius 1 is 1.50 bits per heavy atom. The van der Waals surface area contributed by atoms with Crippen molar-refractivity contribution in [2.75, 3.05) is 5.32 Å². The fraction of sp³-hybridized carbons (Fsp3) is 0.600. The second-order valence-corrected chi connectivity index (χ2v) is 4.24. The van der Waals surface area contributed by atoms with Crippen LogP contribution in [0.5, 0.6) is 0 Å². The summed E-state index contributed by atoms with van der Waals surface area (Å²) in [6.45, 7) is 4.80. The fourth-order valence-corrected chi connectivity index (χ4v) is 1.82. The first-order chi connectivity index (χ1) is 7.35. The summed E-state index contributed by atoms with van der Waals surface area (Å²) in [5, 5.41) is 9.05. The molecule has 1 saturated carbocycles. The van der Waals surface area contributed by atoms with E-state index < -0.39 is 23.7 Å². The van der Waals surface area contributed by atoms with E-state index in [1.54, 1.807) is 13.8 Å². The number of hydrogen-bond acceptors (Lipinski definition) is 2. The van der Waals surface area contributed by atoms with Gasteiger partial charge in [-0.05, 0) is 13.8 Å². The van der Waals surface area contributed by atoms with Crippen molar-refractivity contribution in [3.8, 4) is 0 Å². The van der Waals surface area contributed by atoms with Crippen LogP contribution < -0.4 is 5.32 Å². The molecule has 0 aromatic carbocycles. The van der Waals surface area contributed by atoms with E-state index in [1.807, 2.05) is 0 Å². The van der Waals surface area contributed by atoms with Gasteiger partial charge in [-0.3, -0.25) is 9.89 Å². The van der Waals surface area contributed by atoms with Gasteiger partial charge in [0.1, 0.15) is 5.92 Å². The Morgan fingerprint density at radius 3 is 2.44 bits per heavy atom. The van der Waals surface area contributed by atoms with Crippen molar-refractivity contribution in [1.29, 1.82) is 0 Å². The molecule has 2 atom stereocenters. The maximum Gasteiger partial charge on any atom is 0.263 e. The lowest BCUT2D eigenvalue weighted by molar-refractivity contribution is -0.119. The first-order valence-electron chi connectivity index (χ1n) is 5.06. The summed E-state index contributed by atoms with van der Waals surface area (Å²) in [6.07, 6.45) is 0. The van der Waals surface area contributed by atoms with Gasteiger partial charge in [0.15, 0.2) is 0 Å². The van der Waals surface area contributed by atoms with Gasteiger partial charge < -0.3 is 5.32 Å². The van der Waals surface area contributed by atoms with Crippen LogP contribution in [0.15, 0.2) is 0 Å². The van der Waals surface area contributed by atoms with Gasteiger partial charge in [0.25, 0.3) is 5.92 Å². The van der Waals surface area contributed by atoms with Crippen molar-refractivity contribution in [2.45, 2.75) is 26.7 Å². The molecular weight excluding hydrogens is 216 g/mol. The highest BCUT2D eigenvalue weighted by Gasteiger charge is 2.69. The molecule has 1 fully saturated rings. The largest absolute Gasteiger partial charge is 0.323 e. The minimum Gasteiger partial charge on any atom is -0.323 e. The number of nitrogens with one attached hydrogen (secondary N) is 2. The average molecular weight is 229 g/mol. The van der Waals surface area contributed by atoms with Gasteiger partial charge in [0, 0.05) is 5.92 Å². The van der Waals surface area contributed by atoms with E-state index in [1.165, 1.54) is 6.92 Å². The highest BCUT2D eigenvalue weighted by Crippen LogP contribution is 2.55. The Balaban J connectivity index is 2.10. The molecule has 0 bridgehead atoms. The zero-order valence-corrected chi connectivity index (χ0v) is 9.27. The average Bonchev–Trinajstić information content (AvgIpc) is 2.53. The molecule has 0 spiro atoms. The molecule has 1 aromatic rings. The summed E-state index contributed by atoms with van der Waals surface area (Å²) in [4.78, 5) is 11.6. The van der Waals surface area contributed by atoms with Crippen LogP contribution in [0.25, 0.3) is 0 Å². The molecule has 4 nitrogen and oxygen atoms in total. The number of aryl methyl sites for hydroxylation is 2. The Bertz CT molecular complexity index is 422. The van der Waals surface area contributed by atoms with E-state index in [4.69, 9.17) is 0 Å². The number of hydrogen-bond donors (Lipinski definition) is 2. The summed E-state index contributed by atoms with van der Waals surface area (Å²) < 4.78 is 26.0. The van der Waals surface area contributed by atoms with E-state index >= 15 is 0 Å². The first-order valence-corrected chi connectivity index (χ1v) is 5.06. The number of carbonyl (C=O) groups excluding carboxylic acids is 1. The predicted molar refractivity (Wildman–Crippen MR) is 54.3 cm³/mol. The van der Waals surface area contributed by atoms with Gasteiger partial charge in [0.05, 0.1) is 17.1 Å². The third-order valence-electron chi connectivity index (χ3n) is 3.07. The molecule has 0 aliphatic heterocycles. The molecule has 88 valence electrons. The third kappa shape index (κ3) is 1.48. The van der Waals surface area contributed by atoms with Crippen LogP contribution >= 0.6 is 0 Å². The number of aromatic amines is 1. The number of rotatable bonds is 2. The van der Waals surface area contributed by atoms with Crippen molar-refractivity contribution < 1.29 is 13.6 Å². The Hall–Kier alpha value is -1.46. The molecule has 1 amide bonds. The SMILES string of the molecule is Cc1n[nH]c(C)c1NC(=O)[C@@H]1[C@@H](C)C1(F)F. The van der Waals surface area contributed by atoms with E-state index in [0.717, 1.165) is 0 Å². The number of aromatic nitrogens is 2. The van der Waals surface area contributed by atoms with E-state index in [0.29, 0.717) is 17.1 Å².